The molecule has 0 radical (unpaired) electrons. The van der Waals surface area contributed by atoms with Gasteiger partial charge >= 0.3 is 0 Å². The maximum atomic E-state index is 13.4. The number of hydrogen-bond donors (Lipinski definition) is 6. The molecule has 0 aliphatic carbocycles. The highest BCUT2D eigenvalue weighted by atomic mass is 16.3. The van der Waals surface area contributed by atoms with E-state index in [1.807, 2.05) is 54.6 Å². The Kier molecular flexibility index (Phi) is 10.6. The molecule has 2 unspecified atom stereocenters. The van der Waals surface area contributed by atoms with Gasteiger partial charge in [0.2, 0.25) is 24.1 Å². The average molecular weight is 584 g/mol. The maximum Gasteiger partial charge on any atom is 0.243 e. The van der Waals surface area contributed by atoms with Crippen molar-refractivity contribution in [3.05, 3.63) is 102 Å². The van der Waals surface area contributed by atoms with Crippen LogP contribution < -0.4 is 21.3 Å². The van der Waals surface area contributed by atoms with E-state index in [2.05, 4.69) is 26.3 Å². The van der Waals surface area contributed by atoms with Crippen LogP contribution in [0.4, 0.5) is 0 Å². The van der Waals surface area contributed by atoms with Crippen molar-refractivity contribution in [3.63, 3.8) is 0 Å². The summed E-state index contributed by atoms with van der Waals surface area (Å²) in [6, 6.07) is 20.1. The number of phenolic OH excluding ortho intramolecular Hbond substituents is 1. The molecule has 0 saturated heterocycles. The molecular weight excluding hydrogens is 550 g/mol. The van der Waals surface area contributed by atoms with Gasteiger partial charge in [-0.15, -0.1) is 0 Å². The standard InChI is InChI=1S/C32H33N5O6/c38-19-24(14-22-10-12-25(40)13-11-22)36-30(41)18-34-31(42)29(16-23-17-33-27-9-5-4-8-26(23)27)37-32(43)28(35-20-39)15-21-6-2-1-3-7-21/h1-13,17,19-20,24,28-29,33,40H,14-16,18H2,(H,34,42)(H,35,39)(H,36,41)(H,37,43)/t24?,28-,29?/m0/s1. The van der Waals surface area contributed by atoms with Gasteiger partial charge in [-0.05, 0) is 41.3 Å². The van der Waals surface area contributed by atoms with Gasteiger partial charge in [-0.25, -0.2) is 0 Å². The molecule has 11 heteroatoms. The number of aromatic hydroxyl groups is 1. The van der Waals surface area contributed by atoms with Crippen molar-refractivity contribution in [2.75, 3.05) is 6.54 Å². The first-order valence-corrected chi connectivity index (χ1v) is 13.8. The van der Waals surface area contributed by atoms with E-state index < -0.39 is 42.4 Å². The third-order valence-corrected chi connectivity index (χ3v) is 6.93. The van der Waals surface area contributed by atoms with Crippen molar-refractivity contribution in [1.29, 1.82) is 0 Å². The highest BCUT2D eigenvalue weighted by Gasteiger charge is 2.27. The molecule has 0 fully saturated rings. The molecule has 4 rings (SSSR count). The molecule has 11 nitrogen and oxygen atoms in total. The number of aromatic amines is 1. The zero-order valence-electron chi connectivity index (χ0n) is 23.3. The van der Waals surface area contributed by atoms with Crippen molar-refractivity contribution in [1.82, 2.24) is 26.3 Å². The van der Waals surface area contributed by atoms with Crippen molar-refractivity contribution in [2.45, 2.75) is 37.4 Å². The molecule has 0 bridgehead atoms. The Labute approximate surface area is 248 Å². The molecule has 222 valence electrons. The van der Waals surface area contributed by atoms with Gasteiger partial charge in [0, 0.05) is 29.9 Å². The minimum Gasteiger partial charge on any atom is -0.508 e. The van der Waals surface area contributed by atoms with Gasteiger partial charge < -0.3 is 36.2 Å². The number of nitrogens with one attached hydrogen (secondary N) is 5. The number of phenols is 1. The molecule has 43 heavy (non-hydrogen) atoms. The van der Waals surface area contributed by atoms with Gasteiger partial charge in [0.1, 0.15) is 24.1 Å². The number of carbonyl (C=O) groups excluding carboxylic acids is 5. The molecule has 0 saturated carbocycles. The highest BCUT2D eigenvalue weighted by Crippen LogP contribution is 2.19. The maximum absolute atomic E-state index is 13.4. The van der Waals surface area contributed by atoms with Gasteiger partial charge in [0.15, 0.2) is 0 Å². The minimum atomic E-state index is -1.08. The fourth-order valence-corrected chi connectivity index (χ4v) is 4.73. The molecule has 0 aliphatic heterocycles. The number of aromatic nitrogens is 1. The minimum absolute atomic E-state index is 0.0840. The third kappa shape index (κ3) is 8.77. The molecule has 6 N–H and O–H groups in total. The van der Waals surface area contributed by atoms with Crippen LogP contribution in [-0.4, -0.2) is 65.2 Å². The molecular formula is C32H33N5O6. The number of hydrogen-bond acceptors (Lipinski definition) is 6. The van der Waals surface area contributed by atoms with Crippen LogP contribution in [0.1, 0.15) is 16.7 Å². The molecule has 0 aliphatic rings. The summed E-state index contributed by atoms with van der Waals surface area (Å²) < 4.78 is 0. The topological polar surface area (TPSA) is 169 Å². The first-order chi connectivity index (χ1) is 20.9. The van der Waals surface area contributed by atoms with Crippen molar-refractivity contribution >= 4 is 41.3 Å². The van der Waals surface area contributed by atoms with E-state index in [-0.39, 0.29) is 25.0 Å². The zero-order valence-corrected chi connectivity index (χ0v) is 23.3. The largest absolute Gasteiger partial charge is 0.508 e. The van der Waals surface area contributed by atoms with Gasteiger partial charge in [-0.3, -0.25) is 19.2 Å². The summed E-state index contributed by atoms with van der Waals surface area (Å²) in [6.07, 6.45) is 3.32. The Bertz CT molecular complexity index is 1550. The van der Waals surface area contributed by atoms with Crippen LogP contribution in [0.3, 0.4) is 0 Å². The summed E-state index contributed by atoms with van der Waals surface area (Å²) in [5.41, 5.74) is 3.19. The van der Waals surface area contributed by atoms with E-state index >= 15 is 0 Å². The number of rotatable bonds is 15. The predicted molar refractivity (Wildman–Crippen MR) is 160 cm³/mol. The number of para-hydroxylation sites is 1. The van der Waals surface area contributed by atoms with Crippen LogP contribution in [0, 0.1) is 0 Å². The molecule has 0 spiro atoms. The van der Waals surface area contributed by atoms with E-state index in [0.29, 0.717) is 12.7 Å². The average Bonchev–Trinajstić information content (AvgIpc) is 3.43. The Morgan fingerprint density at radius 1 is 0.767 bits per heavy atom. The third-order valence-electron chi connectivity index (χ3n) is 6.93. The molecule has 3 aromatic carbocycles. The monoisotopic (exact) mass is 583 g/mol. The fourth-order valence-electron chi connectivity index (χ4n) is 4.73. The summed E-state index contributed by atoms with van der Waals surface area (Å²) in [6.45, 7) is -0.432. The summed E-state index contributed by atoms with van der Waals surface area (Å²) in [7, 11) is 0. The molecule has 3 atom stereocenters. The lowest BCUT2D eigenvalue weighted by molar-refractivity contribution is -0.131. The van der Waals surface area contributed by atoms with E-state index in [9.17, 15) is 29.1 Å². The Morgan fingerprint density at radius 3 is 2.19 bits per heavy atom. The van der Waals surface area contributed by atoms with Crippen LogP contribution in [0.2, 0.25) is 0 Å². The van der Waals surface area contributed by atoms with Crippen LogP contribution in [0.15, 0.2) is 85.1 Å². The summed E-state index contributed by atoms with van der Waals surface area (Å²) in [5, 5.41) is 20.7. The predicted octanol–water partition coefficient (Wildman–Crippen LogP) is 1.30. The number of fused-ring (bicyclic) bond motifs is 1. The smallest absolute Gasteiger partial charge is 0.243 e. The Balaban J connectivity index is 1.44. The molecule has 1 aromatic heterocycles. The molecule has 4 amide bonds. The Hall–Kier alpha value is -5.45. The highest BCUT2D eigenvalue weighted by molar-refractivity contribution is 5.93. The van der Waals surface area contributed by atoms with Crippen molar-refractivity contribution in [3.8, 4) is 5.75 Å². The van der Waals surface area contributed by atoms with Gasteiger partial charge in [-0.1, -0.05) is 60.7 Å². The summed E-state index contributed by atoms with van der Waals surface area (Å²) in [4.78, 5) is 65.3. The lowest BCUT2D eigenvalue weighted by Crippen LogP contribution is -2.55. The first kappa shape index (κ1) is 30.5. The van der Waals surface area contributed by atoms with E-state index in [0.717, 1.165) is 27.6 Å². The van der Waals surface area contributed by atoms with E-state index in [1.54, 1.807) is 18.3 Å². The molecule has 4 aromatic rings. The number of aldehydes is 1. The van der Waals surface area contributed by atoms with Crippen molar-refractivity contribution in [2.24, 2.45) is 0 Å². The van der Waals surface area contributed by atoms with Crippen LogP contribution in [0.25, 0.3) is 10.9 Å². The number of carbonyl (C=O) groups is 5. The lowest BCUT2D eigenvalue weighted by Gasteiger charge is -2.22. The van der Waals surface area contributed by atoms with Crippen LogP contribution in [-0.2, 0) is 43.2 Å². The van der Waals surface area contributed by atoms with Gasteiger partial charge in [0.05, 0.1) is 12.6 Å². The van der Waals surface area contributed by atoms with E-state index in [1.165, 1.54) is 12.1 Å². The van der Waals surface area contributed by atoms with Crippen molar-refractivity contribution < 1.29 is 29.1 Å². The van der Waals surface area contributed by atoms with Crippen LogP contribution >= 0.6 is 0 Å². The second-order valence-corrected chi connectivity index (χ2v) is 10.1. The first-order valence-electron chi connectivity index (χ1n) is 13.8. The number of benzene rings is 3. The van der Waals surface area contributed by atoms with Gasteiger partial charge in [0.25, 0.3) is 0 Å². The fraction of sp³-hybridized carbons (Fsp3) is 0.219. The normalized spacial score (nSPS) is 12.8. The van der Waals surface area contributed by atoms with E-state index in [4.69, 9.17) is 0 Å². The second kappa shape index (κ2) is 15.0. The quantitative estimate of drug-likeness (QED) is 0.115. The number of H-pyrrole nitrogens is 1. The summed E-state index contributed by atoms with van der Waals surface area (Å²) >= 11 is 0. The molecule has 1 heterocycles. The lowest BCUT2D eigenvalue weighted by atomic mass is 10.0. The van der Waals surface area contributed by atoms with Crippen LogP contribution in [0.5, 0.6) is 5.75 Å². The zero-order chi connectivity index (χ0) is 30.6. The SMILES string of the molecule is O=CN[C@@H](Cc1ccccc1)C(=O)NC(Cc1c[nH]c2ccccc12)C(=O)NCC(=O)NC(C=O)Cc1ccc(O)cc1. The second-order valence-electron chi connectivity index (χ2n) is 10.1. The summed E-state index contributed by atoms with van der Waals surface area (Å²) in [5.74, 6) is -1.68. The Morgan fingerprint density at radius 2 is 1.47 bits per heavy atom. The number of amides is 4. The van der Waals surface area contributed by atoms with Gasteiger partial charge in [-0.2, -0.15) is 0 Å².